The van der Waals surface area contributed by atoms with Crippen molar-refractivity contribution in [2.45, 2.75) is 12.5 Å². The third-order valence-electron chi connectivity index (χ3n) is 4.07. The normalized spacial score (nSPS) is 18.9. The van der Waals surface area contributed by atoms with Crippen LogP contribution in [0, 0.1) is 0 Å². The topological polar surface area (TPSA) is 84.0 Å². The Kier molecular flexibility index (Phi) is 5.48. The molecule has 1 saturated heterocycles. The van der Waals surface area contributed by atoms with Gasteiger partial charge in [-0.2, -0.15) is 0 Å². The van der Waals surface area contributed by atoms with Gasteiger partial charge in [0.2, 0.25) is 0 Å². The van der Waals surface area contributed by atoms with Gasteiger partial charge in [0.05, 0.1) is 17.1 Å². The number of carbonyl (C=O) groups excluding carboxylic acids is 2. The molecule has 0 radical (unpaired) electrons. The van der Waals surface area contributed by atoms with Crippen LogP contribution in [0.15, 0.2) is 24.3 Å². The zero-order valence-electron chi connectivity index (χ0n) is 14.1. The van der Waals surface area contributed by atoms with E-state index in [1.165, 1.54) is 11.9 Å². The molecule has 0 N–H and O–H groups in total. The molecular formula is C16H22N2O5S. The molecule has 0 saturated carbocycles. The molecule has 1 aliphatic rings. The molecule has 0 unspecified atom stereocenters. The third kappa shape index (κ3) is 4.47. The maximum atomic E-state index is 12.1. The van der Waals surface area contributed by atoms with E-state index in [2.05, 4.69) is 0 Å². The minimum Gasteiger partial charge on any atom is -0.452 e. The third-order valence-corrected chi connectivity index (χ3v) is 5.82. The van der Waals surface area contributed by atoms with Crippen LogP contribution >= 0.6 is 0 Å². The lowest BCUT2D eigenvalue weighted by Gasteiger charge is -2.23. The highest BCUT2D eigenvalue weighted by Crippen LogP contribution is 2.17. The lowest BCUT2D eigenvalue weighted by molar-refractivity contribution is -0.134. The van der Waals surface area contributed by atoms with Crippen molar-refractivity contribution in [1.29, 1.82) is 0 Å². The Bertz CT molecular complexity index is 730. The summed E-state index contributed by atoms with van der Waals surface area (Å²) in [5.41, 5.74) is 1.21. The summed E-state index contributed by atoms with van der Waals surface area (Å²) in [5, 5.41) is 0. The molecule has 0 aliphatic carbocycles. The van der Waals surface area contributed by atoms with Gasteiger partial charge in [0.1, 0.15) is 0 Å². The maximum absolute atomic E-state index is 12.1. The van der Waals surface area contributed by atoms with Crippen molar-refractivity contribution in [2.75, 3.05) is 44.2 Å². The Balaban J connectivity index is 1.91. The smallest absolute Gasteiger partial charge is 0.338 e. The molecule has 1 atom stereocenters. The number of esters is 1. The second kappa shape index (κ2) is 7.21. The molecule has 0 spiro atoms. The van der Waals surface area contributed by atoms with Gasteiger partial charge in [0, 0.05) is 32.9 Å². The van der Waals surface area contributed by atoms with Crippen LogP contribution in [-0.2, 0) is 19.4 Å². The molecule has 1 fully saturated rings. The zero-order valence-corrected chi connectivity index (χ0v) is 14.9. The molecular weight excluding hydrogens is 332 g/mol. The van der Waals surface area contributed by atoms with Gasteiger partial charge >= 0.3 is 5.97 Å². The zero-order chi connectivity index (χ0) is 17.9. The number of rotatable bonds is 5. The summed E-state index contributed by atoms with van der Waals surface area (Å²) in [4.78, 5) is 27.4. The summed E-state index contributed by atoms with van der Waals surface area (Å²) in [6, 6.07) is 6.55. The standard InChI is InChI=1S/C16H22N2O5S/c1-17(2)13-6-4-5-12(9-13)16(20)23-10-15(19)18(3)14-7-8-24(21,22)11-14/h4-6,9,14H,7-8,10-11H2,1-3H3/t14-/m0/s1. The number of ether oxygens (including phenoxy) is 1. The van der Waals surface area contributed by atoms with Crippen LogP contribution in [-0.4, -0.2) is 70.5 Å². The Labute approximate surface area is 142 Å². The number of nitrogens with zero attached hydrogens (tertiary/aromatic N) is 2. The van der Waals surface area contributed by atoms with E-state index in [0.29, 0.717) is 12.0 Å². The predicted molar refractivity (Wildman–Crippen MR) is 90.9 cm³/mol. The Morgan fingerprint density at radius 3 is 2.54 bits per heavy atom. The first-order chi connectivity index (χ1) is 11.2. The number of carbonyl (C=O) groups is 2. The molecule has 1 aliphatic heterocycles. The first kappa shape index (κ1) is 18.3. The van der Waals surface area contributed by atoms with Crippen molar-refractivity contribution in [3.8, 4) is 0 Å². The van der Waals surface area contributed by atoms with Gasteiger partial charge in [-0.3, -0.25) is 4.79 Å². The van der Waals surface area contributed by atoms with E-state index < -0.39 is 28.3 Å². The molecule has 1 heterocycles. The largest absolute Gasteiger partial charge is 0.452 e. The van der Waals surface area contributed by atoms with Crippen molar-refractivity contribution in [2.24, 2.45) is 0 Å². The highest BCUT2D eigenvalue weighted by molar-refractivity contribution is 7.91. The summed E-state index contributed by atoms with van der Waals surface area (Å²) in [5.74, 6) is -0.936. The summed E-state index contributed by atoms with van der Waals surface area (Å²) < 4.78 is 28.0. The van der Waals surface area contributed by atoms with E-state index in [9.17, 15) is 18.0 Å². The fourth-order valence-electron chi connectivity index (χ4n) is 2.51. The number of likely N-dealkylation sites (N-methyl/N-ethyl adjacent to an activating group) is 1. The first-order valence-electron chi connectivity index (χ1n) is 7.60. The monoisotopic (exact) mass is 354 g/mol. The van der Waals surface area contributed by atoms with E-state index in [0.717, 1.165) is 5.69 Å². The van der Waals surface area contributed by atoms with E-state index >= 15 is 0 Å². The molecule has 1 aromatic rings. The summed E-state index contributed by atoms with van der Waals surface area (Å²) in [7, 11) is 2.19. The van der Waals surface area contributed by atoms with Crippen molar-refractivity contribution >= 4 is 27.4 Å². The van der Waals surface area contributed by atoms with E-state index in [-0.39, 0.29) is 17.5 Å². The highest BCUT2D eigenvalue weighted by atomic mass is 32.2. The SMILES string of the molecule is CN(C)c1cccc(C(=O)OCC(=O)N(C)[C@H]2CCS(=O)(=O)C2)c1. The Hall–Kier alpha value is -2.09. The van der Waals surface area contributed by atoms with Crippen LogP contribution in [0.2, 0.25) is 0 Å². The quantitative estimate of drug-likeness (QED) is 0.718. The van der Waals surface area contributed by atoms with Crippen molar-refractivity contribution in [3.05, 3.63) is 29.8 Å². The average Bonchev–Trinajstić information content (AvgIpc) is 2.91. The number of amides is 1. The molecule has 1 amide bonds. The second-order valence-corrected chi connectivity index (χ2v) is 8.31. The van der Waals surface area contributed by atoms with Crippen LogP contribution < -0.4 is 4.90 Å². The Morgan fingerprint density at radius 2 is 1.96 bits per heavy atom. The summed E-state index contributed by atoms with van der Waals surface area (Å²) in [6.45, 7) is -0.405. The van der Waals surface area contributed by atoms with Crippen molar-refractivity contribution in [3.63, 3.8) is 0 Å². The first-order valence-corrected chi connectivity index (χ1v) is 9.42. The van der Waals surface area contributed by atoms with Gasteiger partial charge in [-0.05, 0) is 24.6 Å². The van der Waals surface area contributed by atoms with Gasteiger partial charge in [0.15, 0.2) is 16.4 Å². The Morgan fingerprint density at radius 1 is 1.25 bits per heavy atom. The molecule has 7 nitrogen and oxygen atoms in total. The minimum absolute atomic E-state index is 0.0337. The number of benzene rings is 1. The molecule has 1 aromatic carbocycles. The number of anilines is 1. The second-order valence-electron chi connectivity index (χ2n) is 6.08. The molecule has 132 valence electrons. The van der Waals surface area contributed by atoms with Crippen LogP contribution in [0.4, 0.5) is 5.69 Å². The minimum atomic E-state index is -3.07. The molecule has 0 bridgehead atoms. The van der Waals surface area contributed by atoms with E-state index in [4.69, 9.17) is 4.74 Å². The van der Waals surface area contributed by atoms with Gasteiger partial charge in [-0.1, -0.05) is 6.07 Å². The molecule has 8 heteroatoms. The maximum Gasteiger partial charge on any atom is 0.338 e. The molecule has 2 rings (SSSR count). The number of hydrogen-bond donors (Lipinski definition) is 0. The fraction of sp³-hybridized carbons (Fsp3) is 0.500. The van der Waals surface area contributed by atoms with Crippen LogP contribution in [0.25, 0.3) is 0 Å². The lowest BCUT2D eigenvalue weighted by atomic mass is 10.2. The van der Waals surface area contributed by atoms with E-state index in [1.54, 1.807) is 18.2 Å². The fourth-order valence-corrected chi connectivity index (χ4v) is 4.28. The summed E-state index contributed by atoms with van der Waals surface area (Å²) in [6.07, 6.45) is 0.420. The highest BCUT2D eigenvalue weighted by Gasteiger charge is 2.32. The molecule has 0 aromatic heterocycles. The van der Waals surface area contributed by atoms with Gasteiger partial charge in [-0.15, -0.1) is 0 Å². The average molecular weight is 354 g/mol. The van der Waals surface area contributed by atoms with Gasteiger partial charge < -0.3 is 14.5 Å². The van der Waals surface area contributed by atoms with Crippen LogP contribution in [0.1, 0.15) is 16.8 Å². The van der Waals surface area contributed by atoms with Crippen molar-refractivity contribution < 1.29 is 22.7 Å². The number of hydrogen-bond acceptors (Lipinski definition) is 6. The van der Waals surface area contributed by atoms with Crippen molar-refractivity contribution in [1.82, 2.24) is 4.90 Å². The van der Waals surface area contributed by atoms with Crippen LogP contribution in [0.3, 0.4) is 0 Å². The van der Waals surface area contributed by atoms with E-state index in [1.807, 2.05) is 25.1 Å². The van der Waals surface area contributed by atoms with Gasteiger partial charge in [0.25, 0.3) is 5.91 Å². The predicted octanol–water partition coefficient (Wildman–Crippen LogP) is 0.555. The lowest BCUT2D eigenvalue weighted by Crippen LogP contribution is -2.40. The molecule has 24 heavy (non-hydrogen) atoms. The van der Waals surface area contributed by atoms with Gasteiger partial charge in [-0.25, -0.2) is 13.2 Å². The number of sulfone groups is 1. The summed E-state index contributed by atoms with van der Waals surface area (Å²) >= 11 is 0. The van der Waals surface area contributed by atoms with Crippen LogP contribution in [0.5, 0.6) is 0 Å².